The van der Waals surface area contributed by atoms with Gasteiger partial charge in [-0.2, -0.15) is 0 Å². The maximum absolute atomic E-state index is 13.3. The summed E-state index contributed by atoms with van der Waals surface area (Å²) in [4.78, 5) is 37.6. The molecule has 2 rings (SSSR count). The summed E-state index contributed by atoms with van der Waals surface area (Å²) in [6, 6.07) is -5.99. The second-order valence-corrected chi connectivity index (χ2v) is 6.61. The molecule has 3 N–H and O–H groups in total. The van der Waals surface area contributed by atoms with Crippen LogP contribution in [0.25, 0.3) is 0 Å². The highest BCUT2D eigenvalue weighted by molar-refractivity contribution is 5.88. The van der Waals surface area contributed by atoms with Gasteiger partial charge in [0, 0.05) is 10.2 Å². The van der Waals surface area contributed by atoms with Crippen molar-refractivity contribution < 1.29 is 30.1 Å². The number of nitrogens with one attached hydrogen (secondary N) is 1. The largest absolute Gasteiger partial charge is 0.480 e. The number of carbonyl (C=O) groups is 3. The van der Waals surface area contributed by atoms with Gasteiger partial charge < -0.3 is 15.1 Å². The maximum Gasteiger partial charge on any atom is 0.326 e. The van der Waals surface area contributed by atoms with Gasteiger partial charge >= 0.3 is 11.9 Å². The fraction of sp³-hybridized carbons (Fsp3) is 0.824. The molecule has 3 unspecified atom stereocenters. The smallest absolute Gasteiger partial charge is 0.326 e. The number of hydrogen-bond donors (Lipinski definition) is 3. The second kappa shape index (κ2) is 7.96. The van der Waals surface area contributed by atoms with Crippen LogP contribution in [-0.2, 0) is 14.4 Å². The third kappa shape index (κ3) is 3.88. The number of carboxylic acids is 2. The van der Waals surface area contributed by atoms with E-state index in [4.69, 9.17) is 5.48 Å². The van der Waals surface area contributed by atoms with Crippen LogP contribution in [0, 0.1) is 5.92 Å². The molecule has 1 heterocycles. The molecule has 0 radical (unpaired) electrons. The molecule has 0 aromatic carbocycles. The van der Waals surface area contributed by atoms with Gasteiger partial charge in [0.1, 0.15) is 12.1 Å². The van der Waals surface area contributed by atoms with Crippen molar-refractivity contribution in [3.8, 4) is 0 Å². The van der Waals surface area contributed by atoms with Crippen molar-refractivity contribution in [2.24, 2.45) is 5.92 Å². The number of hydrogen-bond acceptors (Lipinski definition) is 4. The van der Waals surface area contributed by atoms with E-state index in [0.29, 0.717) is 12.8 Å². The molecule has 0 spiro atoms. The van der Waals surface area contributed by atoms with E-state index in [1.54, 1.807) is 6.92 Å². The molecule has 1 amide bonds. The molecule has 0 bridgehead atoms. The Morgan fingerprint density at radius 1 is 1.33 bits per heavy atom. The Hall–Kier alpha value is -1.63. The topological polar surface area (TPSA) is 107 Å². The maximum atomic E-state index is 13.3. The summed E-state index contributed by atoms with van der Waals surface area (Å²) in [5, 5.41) is 21.2. The van der Waals surface area contributed by atoms with Gasteiger partial charge in [0.25, 0.3) is 0 Å². The van der Waals surface area contributed by atoms with E-state index in [-0.39, 0.29) is 18.8 Å². The molecular weight excluding hydrogens is 312 g/mol. The standard InChI is InChI=1S/C17H28N2O5/c1-3-6-12(16(21)22)18-10(2)15(20)19-13-8-5-4-7-11(13)9-14(19)17(23)24/h10-14,18H,3-9H2,1-2H3,(H,21,22)(H,23,24)/t10?,11-,12?,13-,14?/m0/s1/i2D3,10D. The zero-order chi connectivity index (χ0) is 21.3. The van der Waals surface area contributed by atoms with E-state index >= 15 is 0 Å². The Balaban J connectivity index is 2.42. The van der Waals surface area contributed by atoms with Crippen LogP contribution in [0.1, 0.15) is 64.2 Å². The number of fused-ring (bicyclic) bond motifs is 1. The molecule has 5 atom stereocenters. The predicted octanol–water partition coefficient (Wildman–Crippen LogP) is 1.46. The van der Waals surface area contributed by atoms with Gasteiger partial charge in [-0.25, -0.2) is 4.79 Å². The third-order valence-electron chi connectivity index (χ3n) is 5.02. The van der Waals surface area contributed by atoms with Crippen molar-refractivity contribution in [1.82, 2.24) is 10.2 Å². The molecule has 0 aromatic rings. The van der Waals surface area contributed by atoms with Crippen LogP contribution in [0.2, 0.25) is 0 Å². The SMILES string of the molecule is [2H]C([2H])([2H])C([2H])(NC(CCC)C(=O)O)C(=O)N1C(C(=O)O)C[C@@H]2CCCC[C@@H]21. The minimum Gasteiger partial charge on any atom is -0.480 e. The number of amides is 1. The van der Waals surface area contributed by atoms with E-state index in [1.807, 2.05) is 0 Å². The highest BCUT2D eigenvalue weighted by Crippen LogP contribution is 2.40. The van der Waals surface area contributed by atoms with Crippen LogP contribution in [0.3, 0.4) is 0 Å². The lowest BCUT2D eigenvalue weighted by atomic mass is 9.84. The van der Waals surface area contributed by atoms with Crippen molar-refractivity contribution in [3.63, 3.8) is 0 Å². The number of rotatable bonds is 7. The molecule has 7 heteroatoms. The monoisotopic (exact) mass is 344 g/mol. The summed E-state index contributed by atoms with van der Waals surface area (Å²) in [7, 11) is 0. The zero-order valence-corrected chi connectivity index (χ0v) is 13.8. The first-order valence-electron chi connectivity index (χ1n) is 10.5. The minimum atomic E-state index is -3.18. The van der Waals surface area contributed by atoms with Crippen molar-refractivity contribution in [2.75, 3.05) is 0 Å². The summed E-state index contributed by atoms with van der Waals surface area (Å²) in [6.07, 6.45) is 3.66. The molecule has 1 saturated heterocycles. The van der Waals surface area contributed by atoms with Gasteiger partial charge in [-0.1, -0.05) is 26.2 Å². The van der Waals surface area contributed by atoms with Gasteiger partial charge in [0.05, 0.1) is 7.39 Å². The number of carbonyl (C=O) groups excluding carboxylic acids is 1. The first-order valence-corrected chi connectivity index (χ1v) is 8.50. The number of nitrogens with zero attached hydrogens (tertiary/aromatic N) is 1. The summed E-state index contributed by atoms with van der Waals surface area (Å²) >= 11 is 0. The first-order chi connectivity index (χ1) is 12.9. The van der Waals surface area contributed by atoms with Gasteiger partial charge in [-0.05, 0) is 38.5 Å². The van der Waals surface area contributed by atoms with E-state index in [1.165, 1.54) is 0 Å². The lowest BCUT2D eigenvalue weighted by molar-refractivity contribution is -0.151. The van der Waals surface area contributed by atoms with E-state index < -0.39 is 48.8 Å². The molecular formula is C17H28N2O5. The van der Waals surface area contributed by atoms with E-state index in [2.05, 4.69) is 5.32 Å². The van der Waals surface area contributed by atoms with Gasteiger partial charge in [0.2, 0.25) is 5.91 Å². The second-order valence-electron chi connectivity index (χ2n) is 6.61. The van der Waals surface area contributed by atoms with Crippen molar-refractivity contribution in [1.29, 1.82) is 0 Å². The summed E-state index contributed by atoms with van der Waals surface area (Å²) < 4.78 is 31.7. The summed E-state index contributed by atoms with van der Waals surface area (Å²) in [6.45, 7) is -1.48. The van der Waals surface area contributed by atoms with Crippen LogP contribution in [0.5, 0.6) is 0 Å². The normalized spacial score (nSPS) is 33.2. The highest BCUT2D eigenvalue weighted by Gasteiger charge is 2.48. The average molecular weight is 344 g/mol. The molecule has 1 aliphatic carbocycles. The van der Waals surface area contributed by atoms with Crippen molar-refractivity contribution in [2.45, 2.75) is 82.9 Å². The van der Waals surface area contributed by atoms with E-state index in [0.717, 1.165) is 24.2 Å². The van der Waals surface area contributed by atoms with Crippen LogP contribution in [0.15, 0.2) is 0 Å². The quantitative estimate of drug-likeness (QED) is 0.645. The van der Waals surface area contributed by atoms with Gasteiger partial charge in [-0.3, -0.25) is 14.9 Å². The first kappa shape index (κ1) is 13.6. The Morgan fingerprint density at radius 2 is 2.04 bits per heavy atom. The molecule has 24 heavy (non-hydrogen) atoms. The molecule has 2 fully saturated rings. The fourth-order valence-corrected chi connectivity index (χ4v) is 3.88. The van der Waals surface area contributed by atoms with Gasteiger partial charge in [-0.15, -0.1) is 0 Å². The van der Waals surface area contributed by atoms with Gasteiger partial charge in [0.15, 0.2) is 0 Å². The molecule has 1 aliphatic heterocycles. The highest BCUT2D eigenvalue weighted by atomic mass is 16.4. The Bertz CT molecular complexity index is 629. The Kier molecular flexibility index (Phi) is 4.52. The predicted molar refractivity (Wildman–Crippen MR) is 87.6 cm³/mol. The van der Waals surface area contributed by atoms with Crippen LogP contribution >= 0.6 is 0 Å². The third-order valence-corrected chi connectivity index (χ3v) is 5.02. The summed E-state index contributed by atoms with van der Waals surface area (Å²) in [5.41, 5.74) is 0. The Labute approximate surface area is 148 Å². The Morgan fingerprint density at radius 3 is 2.62 bits per heavy atom. The van der Waals surface area contributed by atoms with Crippen molar-refractivity contribution in [3.05, 3.63) is 0 Å². The molecule has 2 aliphatic rings. The van der Waals surface area contributed by atoms with Crippen LogP contribution in [0.4, 0.5) is 0 Å². The van der Waals surface area contributed by atoms with Crippen molar-refractivity contribution >= 4 is 17.8 Å². The number of carboxylic acid groups (broad SMARTS) is 2. The molecule has 7 nitrogen and oxygen atoms in total. The average Bonchev–Trinajstić information content (AvgIpc) is 2.99. The van der Waals surface area contributed by atoms with Crippen LogP contribution < -0.4 is 5.32 Å². The molecule has 136 valence electrons. The number of likely N-dealkylation sites (tertiary alicyclic amines) is 1. The lowest BCUT2D eigenvalue weighted by Crippen LogP contribution is -2.55. The molecule has 1 saturated carbocycles. The minimum absolute atomic E-state index is 0.0355. The zero-order valence-electron chi connectivity index (χ0n) is 17.8. The lowest BCUT2D eigenvalue weighted by Gasteiger charge is -2.35. The molecule has 0 aromatic heterocycles. The van der Waals surface area contributed by atoms with E-state index in [9.17, 15) is 24.6 Å². The van der Waals surface area contributed by atoms with Crippen LogP contribution in [-0.4, -0.2) is 57.1 Å². The fourth-order valence-electron chi connectivity index (χ4n) is 3.88. The summed E-state index contributed by atoms with van der Waals surface area (Å²) in [5.74, 6) is -3.83. The number of aliphatic carboxylic acids is 2.